The molecule has 1 N–H and O–H groups in total. The van der Waals surface area contributed by atoms with Gasteiger partial charge in [0.1, 0.15) is 0 Å². The summed E-state index contributed by atoms with van der Waals surface area (Å²) in [5.41, 5.74) is 0. The fourth-order valence-electron chi connectivity index (χ4n) is 2.63. The first kappa shape index (κ1) is 9.51. The first-order valence-corrected chi connectivity index (χ1v) is 6.03. The van der Waals surface area contributed by atoms with Crippen molar-refractivity contribution in [3.8, 4) is 0 Å². The van der Waals surface area contributed by atoms with Crippen molar-refractivity contribution < 1.29 is 0 Å². The fourth-order valence-corrected chi connectivity index (χ4v) is 2.63. The molecule has 0 aliphatic heterocycles. The molecule has 0 aromatic heterocycles. The van der Waals surface area contributed by atoms with Crippen LogP contribution in [0.5, 0.6) is 0 Å². The van der Waals surface area contributed by atoms with Crippen molar-refractivity contribution in [2.75, 3.05) is 0 Å². The van der Waals surface area contributed by atoms with E-state index in [1.165, 1.54) is 38.5 Å². The Labute approximate surface area is 82.3 Å². The highest BCUT2D eigenvalue weighted by molar-refractivity contribution is 4.88. The largest absolute Gasteiger partial charge is 0.311 e. The maximum absolute atomic E-state index is 3.83. The summed E-state index contributed by atoms with van der Waals surface area (Å²) in [6, 6.07) is 1.61. The minimum absolute atomic E-state index is 0.783. The van der Waals surface area contributed by atoms with Crippen LogP contribution in [-0.4, -0.2) is 12.1 Å². The van der Waals surface area contributed by atoms with Crippen LogP contribution in [0, 0.1) is 11.8 Å². The van der Waals surface area contributed by atoms with Crippen LogP contribution >= 0.6 is 0 Å². The minimum Gasteiger partial charge on any atom is -0.311 e. The van der Waals surface area contributed by atoms with Gasteiger partial charge in [0.05, 0.1) is 0 Å². The highest BCUT2D eigenvalue weighted by Gasteiger charge is 2.31. The highest BCUT2D eigenvalue weighted by atomic mass is 15.0. The van der Waals surface area contributed by atoms with Crippen molar-refractivity contribution in [2.45, 2.75) is 64.5 Å². The fraction of sp³-hybridized carbons (Fsp3) is 1.00. The molecule has 1 nitrogen and oxygen atoms in total. The van der Waals surface area contributed by atoms with Gasteiger partial charge in [-0.15, -0.1) is 0 Å². The molecular formula is C12H23N. The normalized spacial score (nSPS) is 37.4. The van der Waals surface area contributed by atoms with E-state index in [1.54, 1.807) is 0 Å². The van der Waals surface area contributed by atoms with E-state index < -0.39 is 0 Å². The summed E-state index contributed by atoms with van der Waals surface area (Å²) in [5, 5.41) is 3.83. The van der Waals surface area contributed by atoms with Crippen LogP contribution in [0.3, 0.4) is 0 Å². The zero-order valence-corrected chi connectivity index (χ0v) is 9.05. The van der Waals surface area contributed by atoms with Crippen LogP contribution in [0.1, 0.15) is 52.4 Å². The zero-order chi connectivity index (χ0) is 9.26. The van der Waals surface area contributed by atoms with Crippen LogP contribution < -0.4 is 5.32 Å². The van der Waals surface area contributed by atoms with Crippen LogP contribution in [0.2, 0.25) is 0 Å². The molecule has 2 fully saturated rings. The number of nitrogens with one attached hydrogen (secondary N) is 1. The van der Waals surface area contributed by atoms with Crippen LogP contribution in [0.15, 0.2) is 0 Å². The van der Waals surface area contributed by atoms with E-state index in [-0.39, 0.29) is 0 Å². The van der Waals surface area contributed by atoms with E-state index in [1.807, 2.05) is 0 Å². The van der Waals surface area contributed by atoms with E-state index in [4.69, 9.17) is 0 Å². The lowest BCUT2D eigenvalue weighted by atomic mass is 9.85. The van der Waals surface area contributed by atoms with Crippen LogP contribution in [0.25, 0.3) is 0 Å². The van der Waals surface area contributed by atoms with Gasteiger partial charge in [-0.25, -0.2) is 0 Å². The summed E-state index contributed by atoms with van der Waals surface area (Å²) >= 11 is 0. The highest BCUT2D eigenvalue weighted by Crippen LogP contribution is 2.34. The average molecular weight is 181 g/mol. The Morgan fingerprint density at radius 2 is 1.77 bits per heavy atom. The smallest absolute Gasteiger partial charge is 0.00952 e. The van der Waals surface area contributed by atoms with E-state index >= 15 is 0 Å². The Morgan fingerprint density at radius 1 is 1.08 bits per heavy atom. The molecule has 2 saturated carbocycles. The number of hydrogen-bond acceptors (Lipinski definition) is 1. The Hall–Kier alpha value is -0.0400. The molecule has 2 aliphatic carbocycles. The van der Waals surface area contributed by atoms with Gasteiger partial charge >= 0.3 is 0 Å². The average Bonchev–Trinajstić information content (AvgIpc) is 2.91. The van der Waals surface area contributed by atoms with Crippen molar-refractivity contribution in [3.05, 3.63) is 0 Å². The van der Waals surface area contributed by atoms with Crippen molar-refractivity contribution in [1.29, 1.82) is 0 Å². The van der Waals surface area contributed by atoms with Crippen LogP contribution in [-0.2, 0) is 0 Å². The standard InChI is InChI=1S/C12H23N/c1-9-5-3-4-6-12(9)13-10(2)11-7-8-11/h9-13H,3-8H2,1-2H3/t9-,10-,12-/m1/s1. The number of rotatable bonds is 3. The molecule has 13 heavy (non-hydrogen) atoms. The molecule has 0 aromatic rings. The second-order valence-electron chi connectivity index (χ2n) is 5.16. The summed E-state index contributed by atoms with van der Waals surface area (Å²) < 4.78 is 0. The molecule has 1 heteroatoms. The van der Waals surface area contributed by atoms with Crippen molar-refractivity contribution in [1.82, 2.24) is 5.32 Å². The molecule has 2 rings (SSSR count). The second-order valence-corrected chi connectivity index (χ2v) is 5.16. The van der Waals surface area contributed by atoms with Crippen molar-refractivity contribution >= 4 is 0 Å². The maximum atomic E-state index is 3.83. The molecule has 0 radical (unpaired) electrons. The summed E-state index contributed by atoms with van der Waals surface area (Å²) in [5.74, 6) is 1.92. The third-order valence-corrected chi connectivity index (χ3v) is 3.92. The Bertz CT molecular complexity index is 163. The third kappa shape index (κ3) is 2.46. The first-order valence-electron chi connectivity index (χ1n) is 6.03. The van der Waals surface area contributed by atoms with Gasteiger partial charge in [0, 0.05) is 12.1 Å². The molecule has 3 atom stereocenters. The van der Waals surface area contributed by atoms with Gasteiger partial charge in [-0.3, -0.25) is 0 Å². The Morgan fingerprint density at radius 3 is 2.38 bits per heavy atom. The lowest BCUT2D eigenvalue weighted by Crippen LogP contribution is -2.43. The summed E-state index contributed by atoms with van der Waals surface area (Å²) in [6.07, 6.45) is 8.69. The molecule has 0 bridgehead atoms. The summed E-state index contributed by atoms with van der Waals surface area (Å²) in [6.45, 7) is 4.79. The summed E-state index contributed by atoms with van der Waals surface area (Å²) in [7, 11) is 0. The minimum atomic E-state index is 0.783. The zero-order valence-electron chi connectivity index (χ0n) is 9.05. The molecule has 0 unspecified atom stereocenters. The molecule has 76 valence electrons. The van der Waals surface area contributed by atoms with Crippen molar-refractivity contribution in [2.24, 2.45) is 11.8 Å². The van der Waals surface area contributed by atoms with Gasteiger partial charge in [0.2, 0.25) is 0 Å². The number of hydrogen-bond donors (Lipinski definition) is 1. The molecule has 0 saturated heterocycles. The van der Waals surface area contributed by atoms with E-state index in [0.29, 0.717) is 0 Å². The molecule has 0 spiro atoms. The topological polar surface area (TPSA) is 12.0 Å². The van der Waals surface area contributed by atoms with Gasteiger partial charge in [-0.2, -0.15) is 0 Å². The van der Waals surface area contributed by atoms with Crippen molar-refractivity contribution in [3.63, 3.8) is 0 Å². The van der Waals surface area contributed by atoms with Gasteiger partial charge in [-0.05, 0) is 44.4 Å². The van der Waals surface area contributed by atoms with E-state index in [0.717, 1.165) is 23.9 Å². The van der Waals surface area contributed by atoms with Gasteiger partial charge in [-0.1, -0.05) is 19.8 Å². The predicted octanol–water partition coefficient (Wildman–Crippen LogP) is 2.95. The van der Waals surface area contributed by atoms with Gasteiger partial charge in [0.15, 0.2) is 0 Å². The molecule has 0 aromatic carbocycles. The monoisotopic (exact) mass is 181 g/mol. The molecule has 0 heterocycles. The van der Waals surface area contributed by atoms with Crippen LogP contribution in [0.4, 0.5) is 0 Å². The Kier molecular flexibility index (Phi) is 2.92. The molecule has 0 amide bonds. The summed E-state index contributed by atoms with van der Waals surface area (Å²) in [4.78, 5) is 0. The van der Waals surface area contributed by atoms with Gasteiger partial charge < -0.3 is 5.32 Å². The lowest BCUT2D eigenvalue weighted by Gasteiger charge is -2.32. The van der Waals surface area contributed by atoms with Gasteiger partial charge in [0.25, 0.3) is 0 Å². The maximum Gasteiger partial charge on any atom is 0.00952 e. The lowest BCUT2D eigenvalue weighted by molar-refractivity contribution is 0.254. The molecular weight excluding hydrogens is 158 g/mol. The quantitative estimate of drug-likeness (QED) is 0.706. The second kappa shape index (κ2) is 4.00. The van der Waals surface area contributed by atoms with E-state index in [2.05, 4.69) is 19.2 Å². The Balaban J connectivity index is 1.77. The first-order chi connectivity index (χ1) is 6.27. The SMILES string of the molecule is C[C@@H]1CCCC[C@H]1N[C@H](C)C1CC1. The van der Waals surface area contributed by atoms with E-state index in [9.17, 15) is 0 Å². The molecule has 2 aliphatic rings. The third-order valence-electron chi connectivity index (χ3n) is 3.92. The predicted molar refractivity (Wildman–Crippen MR) is 56.7 cm³/mol.